The van der Waals surface area contributed by atoms with Crippen LogP contribution in [0.4, 0.5) is 0 Å². The number of rotatable bonds is 6. The van der Waals surface area contributed by atoms with Crippen LogP contribution in [0.2, 0.25) is 0 Å². The molecule has 94 valence electrons. The van der Waals surface area contributed by atoms with Gasteiger partial charge in [0, 0.05) is 13.2 Å². The minimum absolute atomic E-state index is 0.157. The molecule has 1 amide bonds. The minimum Gasteiger partial charge on any atom is -0.383 e. The number of ether oxygens (including phenoxy) is 1. The first-order chi connectivity index (χ1) is 7.74. The molecule has 0 radical (unpaired) electrons. The fourth-order valence-electron chi connectivity index (χ4n) is 2.55. The summed E-state index contributed by atoms with van der Waals surface area (Å²) in [6, 6.07) is 0.241. The van der Waals surface area contributed by atoms with Gasteiger partial charge in [-0.25, -0.2) is 5.84 Å². The van der Waals surface area contributed by atoms with Crippen LogP contribution >= 0.6 is 0 Å². The van der Waals surface area contributed by atoms with Gasteiger partial charge in [0.15, 0.2) is 0 Å². The second kappa shape index (κ2) is 6.83. The second-order valence-electron chi connectivity index (χ2n) is 4.25. The molecule has 1 atom stereocenters. The molecule has 1 fully saturated rings. The Morgan fingerprint density at radius 1 is 1.56 bits per heavy atom. The number of hydrogen-bond acceptors (Lipinski definition) is 4. The maximum Gasteiger partial charge on any atom is 0.253 e. The monoisotopic (exact) mass is 229 g/mol. The molecule has 1 aliphatic carbocycles. The molecule has 16 heavy (non-hydrogen) atoms. The number of amides is 1. The van der Waals surface area contributed by atoms with Gasteiger partial charge in [0.25, 0.3) is 5.91 Å². The van der Waals surface area contributed by atoms with Crippen LogP contribution in [0, 0.1) is 0 Å². The van der Waals surface area contributed by atoms with Crippen molar-refractivity contribution >= 4 is 5.91 Å². The van der Waals surface area contributed by atoms with E-state index in [1.807, 2.05) is 0 Å². The largest absolute Gasteiger partial charge is 0.383 e. The highest BCUT2D eigenvalue weighted by Crippen LogP contribution is 2.25. The number of nitrogens with two attached hydrogens (primary N) is 1. The summed E-state index contributed by atoms with van der Waals surface area (Å²) in [6.07, 6.45) is 4.86. The Bertz CT molecular complexity index is 217. The fourth-order valence-corrected chi connectivity index (χ4v) is 2.55. The summed E-state index contributed by atoms with van der Waals surface area (Å²) in [4.78, 5) is 13.9. The van der Waals surface area contributed by atoms with Crippen molar-refractivity contribution in [1.82, 2.24) is 10.3 Å². The van der Waals surface area contributed by atoms with E-state index in [-0.39, 0.29) is 11.9 Å². The predicted octanol–water partition coefficient (Wildman–Crippen LogP) is 0.256. The van der Waals surface area contributed by atoms with Gasteiger partial charge in [0.2, 0.25) is 0 Å². The molecule has 5 heteroatoms. The number of likely N-dealkylation sites (N-methyl/N-ethyl adjacent to an activating group) is 1. The summed E-state index contributed by atoms with van der Waals surface area (Å²) in [5, 5.41) is 0. The van der Waals surface area contributed by atoms with Crippen LogP contribution in [0.5, 0.6) is 0 Å². The maximum absolute atomic E-state index is 11.7. The van der Waals surface area contributed by atoms with E-state index in [0.717, 1.165) is 6.54 Å². The average molecular weight is 229 g/mol. The zero-order chi connectivity index (χ0) is 12.0. The molecule has 1 aliphatic rings. The highest BCUT2D eigenvalue weighted by molar-refractivity contribution is 5.81. The lowest BCUT2D eigenvalue weighted by molar-refractivity contribution is -0.129. The van der Waals surface area contributed by atoms with Crippen LogP contribution in [-0.4, -0.2) is 43.2 Å². The SMILES string of the molecule is CCN(C1CCCC1)C(COC)C(=O)NN. The van der Waals surface area contributed by atoms with E-state index in [4.69, 9.17) is 10.6 Å². The molecule has 0 bridgehead atoms. The highest BCUT2D eigenvalue weighted by Gasteiger charge is 2.31. The molecule has 0 aromatic rings. The Balaban J connectivity index is 2.67. The van der Waals surface area contributed by atoms with Gasteiger partial charge >= 0.3 is 0 Å². The zero-order valence-electron chi connectivity index (χ0n) is 10.2. The topological polar surface area (TPSA) is 67.6 Å². The number of nitrogens with zero attached hydrogens (tertiary/aromatic N) is 1. The quantitative estimate of drug-likeness (QED) is 0.389. The average Bonchev–Trinajstić information content (AvgIpc) is 2.81. The van der Waals surface area contributed by atoms with Gasteiger partial charge in [-0.1, -0.05) is 19.8 Å². The molecule has 0 saturated heterocycles. The van der Waals surface area contributed by atoms with E-state index in [2.05, 4.69) is 17.2 Å². The van der Waals surface area contributed by atoms with Crippen LogP contribution in [-0.2, 0) is 9.53 Å². The van der Waals surface area contributed by atoms with E-state index < -0.39 is 0 Å². The standard InChI is InChI=1S/C11H23N3O2/c1-3-14(9-6-4-5-7-9)10(8-16-2)11(15)13-12/h9-10H,3-8,12H2,1-2H3,(H,13,15). The van der Waals surface area contributed by atoms with Gasteiger partial charge in [-0.05, 0) is 19.4 Å². The first kappa shape index (κ1) is 13.4. The van der Waals surface area contributed by atoms with Crippen molar-refractivity contribution in [3.05, 3.63) is 0 Å². The summed E-state index contributed by atoms with van der Waals surface area (Å²) < 4.78 is 5.11. The Labute approximate surface area is 97.3 Å². The van der Waals surface area contributed by atoms with Crippen molar-refractivity contribution in [2.75, 3.05) is 20.3 Å². The first-order valence-electron chi connectivity index (χ1n) is 5.99. The van der Waals surface area contributed by atoms with Crippen molar-refractivity contribution < 1.29 is 9.53 Å². The van der Waals surface area contributed by atoms with Gasteiger partial charge in [0.05, 0.1) is 6.61 Å². The van der Waals surface area contributed by atoms with Crippen LogP contribution in [0.3, 0.4) is 0 Å². The Kier molecular flexibility index (Phi) is 5.73. The summed E-state index contributed by atoms with van der Waals surface area (Å²) in [5.41, 5.74) is 2.23. The van der Waals surface area contributed by atoms with E-state index in [9.17, 15) is 4.79 Å². The third-order valence-electron chi connectivity index (χ3n) is 3.33. The summed E-state index contributed by atoms with van der Waals surface area (Å²) in [5.74, 6) is 5.06. The summed E-state index contributed by atoms with van der Waals surface area (Å²) in [6.45, 7) is 3.32. The molecule has 1 saturated carbocycles. The number of hydrazine groups is 1. The molecular weight excluding hydrogens is 206 g/mol. The molecule has 0 aromatic heterocycles. The normalized spacial score (nSPS) is 19.0. The molecule has 3 N–H and O–H groups in total. The van der Waals surface area contributed by atoms with Gasteiger partial charge in [0.1, 0.15) is 6.04 Å². The van der Waals surface area contributed by atoms with Crippen molar-refractivity contribution in [3.63, 3.8) is 0 Å². The Morgan fingerprint density at radius 3 is 2.62 bits per heavy atom. The lowest BCUT2D eigenvalue weighted by Crippen LogP contribution is -2.54. The summed E-state index contributed by atoms with van der Waals surface area (Å²) in [7, 11) is 1.61. The zero-order valence-corrected chi connectivity index (χ0v) is 10.2. The predicted molar refractivity (Wildman–Crippen MR) is 62.6 cm³/mol. The number of nitrogens with one attached hydrogen (secondary N) is 1. The highest BCUT2D eigenvalue weighted by atomic mass is 16.5. The molecule has 5 nitrogen and oxygen atoms in total. The number of hydrogen-bond donors (Lipinski definition) is 2. The summed E-state index contributed by atoms with van der Waals surface area (Å²) >= 11 is 0. The molecule has 1 rings (SSSR count). The van der Waals surface area contributed by atoms with Crippen LogP contribution < -0.4 is 11.3 Å². The lowest BCUT2D eigenvalue weighted by Gasteiger charge is -2.33. The van der Waals surface area contributed by atoms with Crippen molar-refractivity contribution in [2.45, 2.75) is 44.7 Å². The molecule has 0 heterocycles. The number of carbonyl (C=O) groups excluding carboxylic acids is 1. The Hall–Kier alpha value is -0.650. The van der Waals surface area contributed by atoms with E-state index in [0.29, 0.717) is 12.6 Å². The maximum atomic E-state index is 11.7. The second-order valence-corrected chi connectivity index (χ2v) is 4.25. The van der Waals surface area contributed by atoms with Gasteiger partial charge in [-0.2, -0.15) is 0 Å². The van der Waals surface area contributed by atoms with Crippen molar-refractivity contribution in [1.29, 1.82) is 0 Å². The first-order valence-corrected chi connectivity index (χ1v) is 5.99. The van der Waals surface area contributed by atoms with Gasteiger partial charge in [-0.15, -0.1) is 0 Å². The van der Waals surface area contributed by atoms with Gasteiger partial charge in [-0.3, -0.25) is 15.1 Å². The van der Waals surface area contributed by atoms with Crippen molar-refractivity contribution in [2.24, 2.45) is 5.84 Å². The van der Waals surface area contributed by atoms with Crippen LogP contribution in [0.1, 0.15) is 32.6 Å². The lowest BCUT2D eigenvalue weighted by atomic mass is 10.1. The van der Waals surface area contributed by atoms with E-state index in [1.165, 1.54) is 25.7 Å². The minimum atomic E-state index is -0.261. The molecular formula is C11H23N3O2. The third-order valence-corrected chi connectivity index (χ3v) is 3.33. The molecule has 0 aliphatic heterocycles. The van der Waals surface area contributed by atoms with Gasteiger partial charge < -0.3 is 4.74 Å². The van der Waals surface area contributed by atoms with E-state index >= 15 is 0 Å². The van der Waals surface area contributed by atoms with E-state index in [1.54, 1.807) is 7.11 Å². The van der Waals surface area contributed by atoms with Crippen LogP contribution in [0.25, 0.3) is 0 Å². The number of carbonyl (C=O) groups is 1. The van der Waals surface area contributed by atoms with Crippen molar-refractivity contribution in [3.8, 4) is 0 Å². The van der Waals surface area contributed by atoms with Crippen LogP contribution in [0.15, 0.2) is 0 Å². The fraction of sp³-hybridized carbons (Fsp3) is 0.909. The molecule has 0 aromatic carbocycles. The number of methoxy groups -OCH3 is 1. The molecule has 1 unspecified atom stereocenters. The molecule has 0 spiro atoms. The smallest absolute Gasteiger partial charge is 0.253 e. The third kappa shape index (κ3) is 3.17. The Morgan fingerprint density at radius 2 is 2.19 bits per heavy atom.